The number of aromatic nitrogens is 1. The van der Waals surface area contributed by atoms with E-state index in [0.717, 1.165) is 69.4 Å². The fraction of sp³-hybridized carbons (Fsp3) is 0.583. The molecule has 32 heavy (non-hydrogen) atoms. The zero-order chi connectivity index (χ0) is 23.3. The largest absolute Gasteiger partial charge is 0.357 e. The smallest absolute Gasteiger partial charge is 0.270 e. The van der Waals surface area contributed by atoms with Gasteiger partial charge < -0.3 is 4.90 Å². The van der Waals surface area contributed by atoms with Crippen molar-refractivity contribution in [2.24, 2.45) is 0 Å². The Hall–Kier alpha value is -2.11. The standard InChI is InChI=1S/C24H32N4O2S2/c1-4-6-8-14-28-23(30)20(32-24(28)31)15-18-17(3)19(16-25)22(29)27(13-7-5-2)21(18)26-11-9-10-12-26/h15H,4-14H2,1-3H3. The first-order chi connectivity index (χ1) is 15.4. The van der Waals surface area contributed by atoms with Gasteiger partial charge in [-0.3, -0.25) is 19.1 Å². The molecule has 0 unspecified atom stereocenters. The molecule has 2 aliphatic heterocycles. The van der Waals surface area contributed by atoms with Gasteiger partial charge in [-0.15, -0.1) is 0 Å². The lowest BCUT2D eigenvalue weighted by Crippen LogP contribution is -2.33. The molecule has 0 radical (unpaired) electrons. The van der Waals surface area contributed by atoms with Crippen LogP contribution >= 0.6 is 24.0 Å². The number of carbonyl (C=O) groups is 1. The van der Waals surface area contributed by atoms with Gasteiger partial charge in [0, 0.05) is 31.7 Å². The number of rotatable bonds is 9. The molecule has 0 bridgehead atoms. The minimum atomic E-state index is -0.232. The van der Waals surface area contributed by atoms with Crippen LogP contribution in [-0.2, 0) is 11.3 Å². The Morgan fingerprint density at radius 2 is 1.78 bits per heavy atom. The van der Waals surface area contributed by atoms with Crippen LogP contribution in [0.1, 0.15) is 75.5 Å². The van der Waals surface area contributed by atoms with E-state index in [-0.39, 0.29) is 17.0 Å². The highest BCUT2D eigenvalue weighted by atomic mass is 32.2. The van der Waals surface area contributed by atoms with Crippen molar-refractivity contribution in [1.82, 2.24) is 9.47 Å². The molecule has 0 atom stereocenters. The topological polar surface area (TPSA) is 69.3 Å². The Labute approximate surface area is 200 Å². The van der Waals surface area contributed by atoms with Crippen LogP contribution in [0.2, 0.25) is 0 Å². The first-order valence-corrected chi connectivity index (χ1v) is 12.8. The first kappa shape index (κ1) is 24.5. The Balaban J connectivity index is 2.12. The van der Waals surface area contributed by atoms with Gasteiger partial charge in [-0.25, -0.2) is 0 Å². The van der Waals surface area contributed by atoms with Gasteiger partial charge in [0.15, 0.2) is 0 Å². The van der Waals surface area contributed by atoms with E-state index in [4.69, 9.17) is 12.2 Å². The molecule has 3 heterocycles. The molecule has 3 rings (SSSR count). The van der Waals surface area contributed by atoms with E-state index >= 15 is 0 Å². The molecule has 0 saturated carbocycles. The quantitative estimate of drug-likeness (QED) is 0.292. The summed E-state index contributed by atoms with van der Waals surface area (Å²) in [6.45, 7) is 8.98. The Bertz CT molecular complexity index is 1020. The van der Waals surface area contributed by atoms with Crippen molar-refractivity contribution in [2.45, 2.75) is 72.3 Å². The number of unbranched alkanes of at least 4 members (excludes halogenated alkanes) is 3. The van der Waals surface area contributed by atoms with Crippen LogP contribution in [0.5, 0.6) is 0 Å². The van der Waals surface area contributed by atoms with Gasteiger partial charge in [0.05, 0.1) is 4.91 Å². The molecule has 1 aromatic heterocycles. The number of nitrogens with zero attached hydrogens (tertiary/aromatic N) is 4. The normalized spacial score (nSPS) is 17.6. The monoisotopic (exact) mass is 472 g/mol. The van der Waals surface area contributed by atoms with Crippen molar-refractivity contribution in [2.75, 3.05) is 24.5 Å². The molecule has 172 valence electrons. The number of pyridine rings is 1. The predicted octanol–water partition coefficient (Wildman–Crippen LogP) is 4.82. The van der Waals surface area contributed by atoms with Gasteiger partial charge in [-0.2, -0.15) is 5.26 Å². The lowest BCUT2D eigenvalue weighted by atomic mass is 10.0. The number of thioether (sulfide) groups is 1. The van der Waals surface area contributed by atoms with Crippen LogP contribution in [-0.4, -0.2) is 39.3 Å². The lowest BCUT2D eigenvalue weighted by Gasteiger charge is -2.27. The molecular formula is C24H32N4O2S2. The maximum atomic E-state index is 13.2. The van der Waals surface area contributed by atoms with Crippen LogP contribution in [0.4, 0.5) is 5.82 Å². The molecule has 6 nitrogen and oxygen atoms in total. The number of amides is 1. The zero-order valence-corrected chi connectivity index (χ0v) is 20.9. The highest BCUT2D eigenvalue weighted by Gasteiger charge is 2.33. The summed E-state index contributed by atoms with van der Waals surface area (Å²) in [5.74, 6) is 0.765. The summed E-state index contributed by atoms with van der Waals surface area (Å²) < 4.78 is 2.34. The number of thiocarbonyl (C=S) groups is 1. The summed E-state index contributed by atoms with van der Waals surface area (Å²) in [4.78, 5) is 30.8. The molecular weight excluding hydrogens is 440 g/mol. The Morgan fingerprint density at radius 3 is 2.41 bits per heavy atom. The highest BCUT2D eigenvalue weighted by Crippen LogP contribution is 2.36. The molecule has 1 amide bonds. The van der Waals surface area contributed by atoms with Crippen LogP contribution in [0.15, 0.2) is 9.70 Å². The highest BCUT2D eigenvalue weighted by molar-refractivity contribution is 8.26. The van der Waals surface area contributed by atoms with Gasteiger partial charge in [0.2, 0.25) is 0 Å². The van der Waals surface area contributed by atoms with Crippen molar-refractivity contribution in [3.8, 4) is 6.07 Å². The number of hydrogen-bond donors (Lipinski definition) is 0. The average Bonchev–Trinajstić information content (AvgIpc) is 3.39. The SMILES string of the molecule is CCCCCN1C(=O)C(=Cc2c(C)c(C#N)c(=O)n(CCCC)c2N2CCCC2)SC1=S. The third kappa shape index (κ3) is 4.94. The number of nitriles is 1. The minimum absolute atomic E-state index is 0.0762. The molecule has 0 aromatic carbocycles. The first-order valence-electron chi connectivity index (χ1n) is 11.6. The van der Waals surface area contributed by atoms with Gasteiger partial charge in [0.25, 0.3) is 11.5 Å². The summed E-state index contributed by atoms with van der Waals surface area (Å²) in [5.41, 5.74) is 1.37. The van der Waals surface area contributed by atoms with Crippen molar-refractivity contribution in [3.63, 3.8) is 0 Å². The number of hydrogen-bond acceptors (Lipinski definition) is 6. The third-order valence-electron chi connectivity index (χ3n) is 6.12. The summed E-state index contributed by atoms with van der Waals surface area (Å²) in [6, 6.07) is 2.12. The second kappa shape index (κ2) is 11.2. The van der Waals surface area contributed by atoms with Crippen LogP contribution in [0.25, 0.3) is 6.08 Å². The van der Waals surface area contributed by atoms with E-state index in [1.807, 2.05) is 13.0 Å². The van der Waals surface area contributed by atoms with Crippen molar-refractivity contribution >= 4 is 46.1 Å². The van der Waals surface area contributed by atoms with E-state index in [2.05, 4.69) is 24.8 Å². The van der Waals surface area contributed by atoms with E-state index in [1.54, 1.807) is 9.47 Å². The second-order valence-electron chi connectivity index (χ2n) is 8.39. The molecule has 2 fully saturated rings. The van der Waals surface area contributed by atoms with E-state index < -0.39 is 0 Å². The summed E-state index contributed by atoms with van der Waals surface area (Å²) in [7, 11) is 0. The van der Waals surface area contributed by atoms with E-state index in [9.17, 15) is 14.9 Å². The maximum absolute atomic E-state index is 13.2. The number of anilines is 1. The fourth-order valence-corrected chi connectivity index (χ4v) is 5.57. The summed E-state index contributed by atoms with van der Waals surface area (Å²) >= 11 is 6.81. The number of carbonyl (C=O) groups excluding carboxylic acids is 1. The molecule has 1 aromatic rings. The minimum Gasteiger partial charge on any atom is -0.357 e. The van der Waals surface area contributed by atoms with Gasteiger partial charge in [-0.1, -0.05) is 57.1 Å². The molecule has 0 aliphatic carbocycles. The van der Waals surface area contributed by atoms with Crippen molar-refractivity contribution in [1.29, 1.82) is 5.26 Å². The molecule has 0 N–H and O–H groups in total. The van der Waals surface area contributed by atoms with E-state index in [1.165, 1.54) is 11.8 Å². The van der Waals surface area contributed by atoms with Crippen LogP contribution in [0, 0.1) is 18.3 Å². The lowest BCUT2D eigenvalue weighted by molar-refractivity contribution is -0.122. The second-order valence-corrected chi connectivity index (χ2v) is 10.1. The molecule has 8 heteroatoms. The van der Waals surface area contributed by atoms with Crippen molar-refractivity contribution in [3.05, 3.63) is 31.9 Å². The van der Waals surface area contributed by atoms with Gasteiger partial charge in [0.1, 0.15) is 21.8 Å². The molecule has 2 saturated heterocycles. The fourth-order valence-electron chi connectivity index (χ4n) is 4.28. The van der Waals surface area contributed by atoms with E-state index in [0.29, 0.717) is 27.9 Å². The van der Waals surface area contributed by atoms with Gasteiger partial charge in [-0.05, 0) is 44.2 Å². The molecule has 2 aliphatic rings. The predicted molar refractivity (Wildman–Crippen MR) is 136 cm³/mol. The molecule has 0 spiro atoms. The Morgan fingerprint density at radius 1 is 1.09 bits per heavy atom. The Kier molecular flexibility index (Phi) is 8.55. The summed E-state index contributed by atoms with van der Waals surface area (Å²) in [6.07, 6.45) is 8.88. The maximum Gasteiger partial charge on any atom is 0.270 e. The van der Waals surface area contributed by atoms with Crippen LogP contribution in [0.3, 0.4) is 0 Å². The van der Waals surface area contributed by atoms with Crippen LogP contribution < -0.4 is 10.5 Å². The summed E-state index contributed by atoms with van der Waals surface area (Å²) in [5, 5.41) is 9.75. The van der Waals surface area contributed by atoms with Gasteiger partial charge >= 0.3 is 0 Å². The third-order valence-corrected chi connectivity index (χ3v) is 7.50. The zero-order valence-electron chi connectivity index (χ0n) is 19.3. The van der Waals surface area contributed by atoms with Crippen molar-refractivity contribution < 1.29 is 4.79 Å². The average molecular weight is 473 g/mol.